The summed E-state index contributed by atoms with van der Waals surface area (Å²) in [6.07, 6.45) is 8.92. The van der Waals surface area contributed by atoms with Crippen LogP contribution in [0.2, 0.25) is 0 Å². The third-order valence-corrected chi connectivity index (χ3v) is 3.88. The molecule has 1 heterocycles. The Morgan fingerprint density at radius 3 is 2.58 bits per heavy atom. The molecule has 1 aromatic carbocycles. The number of rotatable bonds is 5. The predicted molar refractivity (Wildman–Crippen MR) is 80.8 cm³/mol. The monoisotopic (exact) mass is 256 g/mol. The first-order chi connectivity index (χ1) is 9.31. The van der Waals surface area contributed by atoms with Gasteiger partial charge in [0.2, 0.25) is 0 Å². The van der Waals surface area contributed by atoms with E-state index in [4.69, 9.17) is 6.42 Å². The fraction of sp³-hybridized carbons (Fsp3) is 0.529. The molecule has 1 atom stereocenters. The van der Waals surface area contributed by atoms with Crippen LogP contribution in [0.5, 0.6) is 0 Å². The van der Waals surface area contributed by atoms with E-state index in [1.807, 2.05) is 0 Å². The maximum absolute atomic E-state index is 5.51. The maximum Gasteiger partial charge on any atom is 0.0686 e. The van der Waals surface area contributed by atoms with E-state index in [9.17, 15) is 0 Å². The average molecular weight is 256 g/mol. The largest absolute Gasteiger partial charge is 0.301 e. The van der Waals surface area contributed by atoms with Crippen molar-refractivity contribution in [3.05, 3.63) is 35.9 Å². The van der Waals surface area contributed by atoms with Crippen LogP contribution in [0.15, 0.2) is 30.3 Å². The molecule has 1 fully saturated rings. The Bertz CT molecular complexity index is 399. The van der Waals surface area contributed by atoms with Crippen LogP contribution in [0.4, 0.5) is 0 Å². The number of nitrogens with one attached hydrogen (secondary N) is 1. The predicted octanol–water partition coefficient (Wildman–Crippen LogP) is 2.65. The summed E-state index contributed by atoms with van der Waals surface area (Å²) < 4.78 is 0. The minimum Gasteiger partial charge on any atom is -0.301 e. The summed E-state index contributed by atoms with van der Waals surface area (Å²) in [6.45, 7) is 5.53. The molecule has 0 amide bonds. The van der Waals surface area contributed by atoms with Crippen molar-refractivity contribution in [3.8, 4) is 12.3 Å². The fourth-order valence-corrected chi connectivity index (χ4v) is 2.67. The lowest BCUT2D eigenvalue weighted by Crippen LogP contribution is -2.45. The highest BCUT2D eigenvalue weighted by Gasteiger charge is 2.20. The second-order valence-electron chi connectivity index (χ2n) is 5.33. The Morgan fingerprint density at radius 1 is 1.32 bits per heavy atom. The molecule has 1 saturated heterocycles. The number of piperidine rings is 1. The zero-order valence-electron chi connectivity index (χ0n) is 11.8. The SMILES string of the molecule is C#CC(CC)NC1CCN(Cc2ccccc2)CC1. The van der Waals surface area contributed by atoms with Gasteiger partial charge in [0.25, 0.3) is 0 Å². The first-order valence-corrected chi connectivity index (χ1v) is 7.30. The molecule has 0 spiro atoms. The van der Waals surface area contributed by atoms with E-state index >= 15 is 0 Å². The molecule has 2 heteroatoms. The number of terminal acetylenes is 1. The third kappa shape index (κ3) is 4.38. The molecule has 102 valence electrons. The minimum absolute atomic E-state index is 0.241. The standard InChI is InChI=1S/C17H24N2/c1-3-16(4-2)18-17-10-12-19(13-11-17)14-15-8-6-5-7-9-15/h1,5-9,16-18H,4,10-14H2,2H3. The second kappa shape index (κ2) is 7.33. The van der Waals surface area contributed by atoms with E-state index in [1.165, 1.54) is 18.4 Å². The number of nitrogens with zero attached hydrogens (tertiary/aromatic N) is 1. The quantitative estimate of drug-likeness (QED) is 0.815. The minimum atomic E-state index is 0.241. The number of benzene rings is 1. The van der Waals surface area contributed by atoms with Gasteiger partial charge in [0.1, 0.15) is 0 Å². The van der Waals surface area contributed by atoms with E-state index in [1.54, 1.807) is 0 Å². The first-order valence-electron chi connectivity index (χ1n) is 7.30. The van der Waals surface area contributed by atoms with Crippen molar-refractivity contribution in [2.24, 2.45) is 0 Å². The van der Waals surface area contributed by atoms with Gasteiger partial charge in [-0.15, -0.1) is 6.42 Å². The van der Waals surface area contributed by atoms with Gasteiger partial charge in [0, 0.05) is 12.6 Å². The van der Waals surface area contributed by atoms with Gasteiger partial charge < -0.3 is 5.32 Å². The highest BCUT2D eigenvalue weighted by molar-refractivity contribution is 5.14. The van der Waals surface area contributed by atoms with Crippen molar-refractivity contribution < 1.29 is 0 Å². The van der Waals surface area contributed by atoms with Gasteiger partial charge in [-0.05, 0) is 37.9 Å². The molecular weight excluding hydrogens is 232 g/mol. The van der Waals surface area contributed by atoms with Crippen LogP contribution in [-0.2, 0) is 6.54 Å². The third-order valence-electron chi connectivity index (χ3n) is 3.88. The zero-order chi connectivity index (χ0) is 13.5. The smallest absolute Gasteiger partial charge is 0.0686 e. The topological polar surface area (TPSA) is 15.3 Å². The van der Waals surface area contributed by atoms with E-state index in [0.717, 1.165) is 26.1 Å². The summed E-state index contributed by atoms with van der Waals surface area (Å²) in [4.78, 5) is 2.53. The first kappa shape index (κ1) is 14.1. The van der Waals surface area contributed by atoms with Gasteiger partial charge in [0.15, 0.2) is 0 Å². The average Bonchev–Trinajstić information content (AvgIpc) is 2.47. The highest BCUT2D eigenvalue weighted by Crippen LogP contribution is 2.14. The molecule has 0 aliphatic carbocycles. The van der Waals surface area contributed by atoms with Gasteiger partial charge in [-0.1, -0.05) is 43.2 Å². The van der Waals surface area contributed by atoms with Crippen molar-refractivity contribution in [2.75, 3.05) is 13.1 Å². The Kier molecular flexibility index (Phi) is 5.44. The molecule has 2 rings (SSSR count). The van der Waals surface area contributed by atoms with Crippen molar-refractivity contribution in [3.63, 3.8) is 0 Å². The highest BCUT2D eigenvalue weighted by atomic mass is 15.1. The summed E-state index contributed by atoms with van der Waals surface area (Å²) in [7, 11) is 0. The lowest BCUT2D eigenvalue weighted by Gasteiger charge is -2.33. The van der Waals surface area contributed by atoms with Crippen LogP contribution >= 0.6 is 0 Å². The number of likely N-dealkylation sites (tertiary alicyclic amines) is 1. The molecule has 0 aromatic heterocycles. The molecule has 2 nitrogen and oxygen atoms in total. The molecule has 1 aliphatic rings. The Labute approximate surface area is 117 Å². The lowest BCUT2D eigenvalue weighted by molar-refractivity contribution is 0.187. The lowest BCUT2D eigenvalue weighted by atomic mass is 10.0. The Balaban J connectivity index is 1.75. The molecule has 0 radical (unpaired) electrons. The molecule has 1 aliphatic heterocycles. The Hall–Kier alpha value is -1.30. The molecule has 19 heavy (non-hydrogen) atoms. The molecule has 1 N–H and O–H groups in total. The second-order valence-corrected chi connectivity index (χ2v) is 5.33. The van der Waals surface area contributed by atoms with Crippen molar-refractivity contribution in [1.29, 1.82) is 0 Å². The van der Waals surface area contributed by atoms with Crippen LogP contribution in [0, 0.1) is 12.3 Å². The van der Waals surface area contributed by atoms with E-state index in [2.05, 4.69) is 53.4 Å². The Morgan fingerprint density at radius 2 is 2.00 bits per heavy atom. The number of hydrogen-bond acceptors (Lipinski definition) is 2. The van der Waals surface area contributed by atoms with Crippen LogP contribution in [0.3, 0.4) is 0 Å². The van der Waals surface area contributed by atoms with E-state index in [-0.39, 0.29) is 6.04 Å². The van der Waals surface area contributed by atoms with E-state index < -0.39 is 0 Å². The van der Waals surface area contributed by atoms with Gasteiger partial charge in [-0.2, -0.15) is 0 Å². The fourth-order valence-electron chi connectivity index (χ4n) is 2.67. The van der Waals surface area contributed by atoms with Crippen molar-refractivity contribution in [2.45, 2.75) is 44.8 Å². The molecule has 1 aromatic rings. The van der Waals surface area contributed by atoms with Gasteiger partial charge in [0.05, 0.1) is 6.04 Å². The molecule has 1 unspecified atom stereocenters. The van der Waals surface area contributed by atoms with Crippen molar-refractivity contribution in [1.82, 2.24) is 10.2 Å². The zero-order valence-corrected chi connectivity index (χ0v) is 11.8. The van der Waals surface area contributed by atoms with Crippen LogP contribution in [-0.4, -0.2) is 30.1 Å². The summed E-state index contributed by atoms with van der Waals surface area (Å²) >= 11 is 0. The van der Waals surface area contributed by atoms with Gasteiger partial charge in [-0.25, -0.2) is 0 Å². The summed E-state index contributed by atoms with van der Waals surface area (Å²) in [5, 5.41) is 3.58. The summed E-state index contributed by atoms with van der Waals surface area (Å²) in [6, 6.07) is 11.5. The summed E-state index contributed by atoms with van der Waals surface area (Å²) in [5.41, 5.74) is 1.41. The molecular formula is C17H24N2. The van der Waals surface area contributed by atoms with Crippen LogP contribution < -0.4 is 5.32 Å². The van der Waals surface area contributed by atoms with Crippen LogP contribution in [0.25, 0.3) is 0 Å². The van der Waals surface area contributed by atoms with Gasteiger partial charge in [-0.3, -0.25) is 4.90 Å². The summed E-state index contributed by atoms with van der Waals surface area (Å²) in [5.74, 6) is 2.83. The van der Waals surface area contributed by atoms with Crippen molar-refractivity contribution >= 4 is 0 Å². The molecule has 0 saturated carbocycles. The molecule has 0 bridgehead atoms. The van der Waals surface area contributed by atoms with E-state index in [0.29, 0.717) is 6.04 Å². The van der Waals surface area contributed by atoms with Crippen LogP contribution in [0.1, 0.15) is 31.7 Å². The number of hydrogen-bond donors (Lipinski definition) is 1. The van der Waals surface area contributed by atoms with Gasteiger partial charge >= 0.3 is 0 Å². The maximum atomic E-state index is 5.51. The normalized spacial score (nSPS) is 18.9.